The summed E-state index contributed by atoms with van der Waals surface area (Å²) >= 11 is 0. The number of nitrogen functional groups attached to an aromatic ring is 1. The van der Waals surface area contributed by atoms with Gasteiger partial charge in [-0.3, -0.25) is 4.98 Å². The normalized spacial score (nSPS) is 10.2. The summed E-state index contributed by atoms with van der Waals surface area (Å²) in [5, 5.41) is 4.23. The van der Waals surface area contributed by atoms with Crippen LogP contribution in [0.1, 0.15) is 5.69 Å². The molecule has 0 aliphatic rings. The molecule has 2 N–H and O–H groups in total. The molecule has 0 amide bonds. The van der Waals surface area contributed by atoms with Crippen molar-refractivity contribution in [3.05, 3.63) is 36.3 Å². The molecule has 4 nitrogen and oxygen atoms in total. The van der Waals surface area contributed by atoms with E-state index in [-0.39, 0.29) is 0 Å². The highest BCUT2D eigenvalue weighted by molar-refractivity contribution is 5.40. The van der Waals surface area contributed by atoms with E-state index < -0.39 is 0 Å². The van der Waals surface area contributed by atoms with Gasteiger partial charge in [-0.25, -0.2) is 4.68 Å². The minimum Gasteiger partial charge on any atom is -0.384 e. The fourth-order valence-electron chi connectivity index (χ4n) is 1.21. The quantitative estimate of drug-likeness (QED) is 0.705. The SMILES string of the molecule is Cc1cc(N)n(-c2cccnc2)n1. The van der Waals surface area contributed by atoms with Crippen molar-refractivity contribution in [2.24, 2.45) is 0 Å². The van der Waals surface area contributed by atoms with Crippen LogP contribution in [0, 0.1) is 6.92 Å². The molecule has 13 heavy (non-hydrogen) atoms. The summed E-state index contributed by atoms with van der Waals surface area (Å²) in [6.45, 7) is 1.91. The molecule has 0 bridgehead atoms. The zero-order valence-electron chi connectivity index (χ0n) is 7.31. The van der Waals surface area contributed by atoms with Crippen LogP contribution in [-0.2, 0) is 0 Å². The first-order valence-corrected chi connectivity index (χ1v) is 4.00. The van der Waals surface area contributed by atoms with Crippen molar-refractivity contribution in [3.63, 3.8) is 0 Å². The number of anilines is 1. The molecule has 2 aromatic rings. The minimum absolute atomic E-state index is 0.630. The highest BCUT2D eigenvalue weighted by atomic mass is 15.3. The van der Waals surface area contributed by atoms with E-state index in [4.69, 9.17) is 5.73 Å². The molecule has 0 fully saturated rings. The van der Waals surface area contributed by atoms with Gasteiger partial charge in [-0.2, -0.15) is 5.10 Å². The molecule has 0 spiro atoms. The molecule has 0 atom stereocenters. The van der Waals surface area contributed by atoms with E-state index in [2.05, 4.69) is 10.1 Å². The highest BCUT2D eigenvalue weighted by Crippen LogP contribution is 2.11. The Hall–Kier alpha value is -1.84. The summed E-state index contributed by atoms with van der Waals surface area (Å²) < 4.78 is 1.67. The molecular formula is C9H10N4. The molecule has 66 valence electrons. The Morgan fingerprint density at radius 1 is 1.46 bits per heavy atom. The Balaban J connectivity index is 2.53. The zero-order chi connectivity index (χ0) is 9.26. The molecule has 0 aliphatic carbocycles. The molecular weight excluding hydrogens is 164 g/mol. The van der Waals surface area contributed by atoms with E-state index in [1.807, 2.05) is 25.1 Å². The van der Waals surface area contributed by atoms with E-state index in [1.165, 1.54) is 0 Å². The maximum Gasteiger partial charge on any atom is 0.127 e. The lowest BCUT2D eigenvalue weighted by molar-refractivity contribution is 0.866. The third-order valence-corrected chi connectivity index (χ3v) is 1.75. The third-order valence-electron chi connectivity index (χ3n) is 1.75. The Kier molecular flexibility index (Phi) is 1.73. The van der Waals surface area contributed by atoms with E-state index in [9.17, 15) is 0 Å². The van der Waals surface area contributed by atoms with Crippen LogP contribution in [0.3, 0.4) is 0 Å². The minimum atomic E-state index is 0.630. The van der Waals surface area contributed by atoms with Crippen LogP contribution in [0.25, 0.3) is 5.69 Å². The van der Waals surface area contributed by atoms with Crippen LogP contribution in [0.4, 0.5) is 5.82 Å². The average molecular weight is 174 g/mol. The van der Waals surface area contributed by atoms with Crippen molar-refractivity contribution in [1.29, 1.82) is 0 Å². The lowest BCUT2D eigenvalue weighted by atomic mass is 10.4. The predicted molar refractivity (Wildman–Crippen MR) is 50.5 cm³/mol. The summed E-state index contributed by atoms with van der Waals surface area (Å²) in [4.78, 5) is 4.00. The van der Waals surface area contributed by atoms with Crippen molar-refractivity contribution in [2.75, 3.05) is 5.73 Å². The standard InChI is InChI=1S/C9H10N4/c1-7-5-9(10)13(12-7)8-3-2-4-11-6-8/h2-6H,10H2,1H3. The largest absolute Gasteiger partial charge is 0.384 e. The van der Waals surface area contributed by atoms with Gasteiger partial charge < -0.3 is 5.73 Å². The number of rotatable bonds is 1. The molecule has 2 rings (SSSR count). The van der Waals surface area contributed by atoms with Crippen molar-refractivity contribution < 1.29 is 0 Å². The third kappa shape index (κ3) is 1.38. The lowest BCUT2D eigenvalue weighted by Crippen LogP contribution is -2.01. The van der Waals surface area contributed by atoms with Crippen molar-refractivity contribution in [2.45, 2.75) is 6.92 Å². The number of pyridine rings is 1. The van der Waals surface area contributed by atoms with Crippen molar-refractivity contribution in [3.8, 4) is 5.69 Å². The summed E-state index contributed by atoms with van der Waals surface area (Å²) in [5.41, 5.74) is 7.53. The van der Waals surface area contributed by atoms with Gasteiger partial charge in [0.1, 0.15) is 5.82 Å². The number of hydrogen-bond acceptors (Lipinski definition) is 3. The van der Waals surface area contributed by atoms with E-state index >= 15 is 0 Å². The van der Waals surface area contributed by atoms with Crippen LogP contribution < -0.4 is 5.73 Å². The summed E-state index contributed by atoms with van der Waals surface area (Å²) in [5.74, 6) is 0.630. The number of aryl methyl sites for hydroxylation is 1. The number of aromatic nitrogens is 3. The average Bonchev–Trinajstić information content (AvgIpc) is 2.47. The number of nitrogens with two attached hydrogens (primary N) is 1. The topological polar surface area (TPSA) is 56.7 Å². The maximum atomic E-state index is 5.75. The molecule has 0 aromatic carbocycles. The van der Waals surface area contributed by atoms with Gasteiger partial charge in [0, 0.05) is 12.3 Å². The molecule has 2 aromatic heterocycles. The van der Waals surface area contributed by atoms with Crippen LogP contribution in [0.2, 0.25) is 0 Å². The Labute approximate surface area is 76.0 Å². The smallest absolute Gasteiger partial charge is 0.127 e. The molecule has 0 saturated carbocycles. The number of hydrogen-bond donors (Lipinski definition) is 1. The van der Waals surface area contributed by atoms with Crippen molar-refractivity contribution >= 4 is 5.82 Å². The molecule has 0 aliphatic heterocycles. The molecule has 0 saturated heterocycles. The van der Waals surface area contributed by atoms with Gasteiger partial charge in [0.25, 0.3) is 0 Å². The second kappa shape index (κ2) is 2.90. The fourth-order valence-corrected chi connectivity index (χ4v) is 1.21. The first-order chi connectivity index (χ1) is 6.27. The van der Waals surface area contributed by atoms with Gasteiger partial charge >= 0.3 is 0 Å². The maximum absolute atomic E-state index is 5.75. The monoisotopic (exact) mass is 174 g/mol. The van der Waals surface area contributed by atoms with E-state index in [0.29, 0.717) is 5.82 Å². The second-order valence-corrected chi connectivity index (χ2v) is 2.83. The molecule has 2 heterocycles. The van der Waals surface area contributed by atoms with Gasteiger partial charge in [-0.1, -0.05) is 0 Å². The molecule has 0 radical (unpaired) electrons. The summed E-state index contributed by atoms with van der Waals surface area (Å²) in [7, 11) is 0. The van der Waals surface area contributed by atoms with Crippen LogP contribution in [0.15, 0.2) is 30.6 Å². The van der Waals surface area contributed by atoms with Gasteiger partial charge in [-0.15, -0.1) is 0 Å². The molecule has 4 heteroatoms. The van der Waals surface area contributed by atoms with Crippen molar-refractivity contribution in [1.82, 2.24) is 14.8 Å². The number of nitrogens with zero attached hydrogens (tertiary/aromatic N) is 3. The first-order valence-electron chi connectivity index (χ1n) is 4.00. The van der Waals surface area contributed by atoms with Gasteiger partial charge in [0.15, 0.2) is 0 Å². The second-order valence-electron chi connectivity index (χ2n) is 2.83. The first kappa shape index (κ1) is 7.79. The molecule has 0 unspecified atom stereocenters. The zero-order valence-corrected chi connectivity index (χ0v) is 7.31. The van der Waals surface area contributed by atoms with E-state index in [0.717, 1.165) is 11.4 Å². The van der Waals surface area contributed by atoms with E-state index in [1.54, 1.807) is 17.1 Å². The van der Waals surface area contributed by atoms with Gasteiger partial charge in [-0.05, 0) is 19.1 Å². The predicted octanol–water partition coefficient (Wildman–Crippen LogP) is 1.16. The van der Waals surface area contributed by atoms with Crippen LogP contribution in [-0.4, -0.2) is 14.8 Å². The summed E-state index contributed by atoms with van der Waals surface area (Å²) in [6, 6.07) is 5.59. The highest BCUT2D eigenvalue weighted by Gasteiger charge is 2.02. The summed E-state index contributed by atoms with van der Waals surface area (Å²) in [6.07, 6.45) is 3.44. The Morgan fingerprint density at radius 3 is 2.85 bits per heavy atom. The van der Waals surface area contributed by atoms with Crippen LogP contribution >= 0.6 is 0 Å². The lowest BCUT2D eigenvalue weighted by Gasteiger charge is -2.01. The fraction of sp³-hybridized carbons (Fsp3) is 0.111. The van der Waals surface area contributed by atoms with Crippen LogP contribution in [0.5, 0.6) is 0 Å². The van der Waals surface area contributed by atoms with Gasteiger partial charge in [0.05, 0.1) is 17.6 Å². The van der Waals surface area contributed by atoms with Gasteiger partial charge in [0.2, 0.25) is 0 Å². The Bertz CT molecular complexity index is 405. The Morgan fingerprint density at radius 2 is 2.31 bits per heavy atom.